The Morgan fingerprint density at radius 3 is 2.68 bits per heavy atom. The highest BCUT2D eigenvalue weighted by Crippen LogP contribution is 2.22. The van der Waals surface area contributed by atoms with Crippen molar-refractivity contribution in [3.8, 4) is 11.5 Å². The van der Waals surface area contributed by atoms with Crippen molar-refractivity contribution in [1.82, 2.24) is 15.1 Å². The molecule has 1 unspecified atom stereocenters. The van der Waals surface area contributed by atoms with Crippen LogP contribution in [0, 0.1) is 11.2 Å². The third kappa shape index (κ3) is 3.35. The van der Waals surface area contributed by atoms with Gasteiger partial charge in [0.2, 0.25) is 11.7 Å². The van der Waals surface area contributed by atoms with E-state index >= 15 is 0 Å². The third-order valence-electron chi connectivity index (χ3n) is 2.79. The minimum Gasteiger partial charge on any atom is -0.392 e. The van der Waals surface area contributed by atoms with Crippen molar-refractivity contribution in [2.24, 2.45) is 5.41 Å². The molecule has 1 atom stereocenters. The zero-order valence-corrected chi connectivity index (χ0v) is 11.1. The van der Waals surface area contributed by atoms with Crippen LogP contribution in [0.3, 0.4) is 0 Å². The van der Waals surface area contributed by atoms with E-state index in [1.165, 1.54) is 12.1 Å². The number of hydrogen-bond donors (Lipinski definition) is 1. The number of nitrogens with zero attached hydrogens (tertiary/aromatic N) is 3. The molecule has 1 N–H and O–H groups in total. The van der Waals surface area contributed by atoms with Gasteiger partial charge in [-0.25, -0.2) is 9.37 Å². The summed E-state index contributed by atoms with van der Waals surface area (Å²) < 4.78 is 17.8. The van der Waals surface area contributed by atoms with Gasteiger partial charge >= 0.3 is 0 Å². The van der Waals surface area contributed by atoms with Crippen LogP contribution in [0.2, 0.25) is 0 Å². The molecule has 0 aliphatic carbocycles. The van der Waals surface area contributed by atoms with Gasteiger partial charge < -0.3 is 9.63 Å². The summed E-state index contributed by atoms with van der Waals surface area (Å²) in [6.45, 7) is 5.78. The fraction of sp³-hybridized carbons (Fsp3) is 0.462. The first-order valence-corrected chi connectivity index (χ1v) is 5.99. The van der Waals surface area contributed by atoms with Crippen LogP contribution >= 0.6 is 0 Å². The predicted molar refractivity (Wildman–Crippen MR) is 66.7 cm³/mol. The van der Waals surface area contributed by atoms with Crippen molar-refractivity contribution in [2.75, 3.05) is 0 Å². The predicted octanol–water partition coefficient (Wildman–Crippen LogP) is 2.22. The molecule has 2 heterocycles. The Morgan fingerprint density at radius 1 is 1.37 bits per heavy atom. The summed E-state index contributed by atoms with van der Waals surface area (Å²) in [5.74, 6) is 0.204. The topological polar surface area (TPSA) is 72.0 Å². The number of halogens is 1. The molecular weight excluding hydrogens is 249 g/mol. The lowest BCUT2D eigenvalue weighted by atomic mass is 9.87. The lowest BCUT2D eigenvalue weighted by molar-refractivity contribution is 0.0565. The highest BCUT2D eigenvalue weighted by molar-refractivity contribution is 5.47. The average Bonchev–Trinajstić information content (AvgIpc) is 2.77. The van der Waals surface area contributed by atoms with E-state index in [9.17, 15) is 9.50 Å². The van der Waals surface area contributed by atoms with Crippen LogP contribution in [0.5, 0.6) is 0 Å². The van der Waals surface area contributed by atoms with E-state index < -0.39 is 11.9 Å². The van der Waals surface area contributed by atoms with Crippen molar-refractivity contribution < 1.29 is 14.0 Å². The first-order valence-electron chi connectivity index (χ1n) is 5.99. The molecule has 0 saturated heterocycles. The second-order valence-corrected chi connectivity index (χ2v) is 5.46. The van der Waals surface area contributed by atoms with Gasteiger partial charge in [-0.05, 0) is 17.5 Å². The molecule has 0 amide bonds. The van der Waals surface area contributed by atoms with Gasteiger partial charge in [-0.15, -0.1) is 0 Å². The number of pyridine rings is 1. The molecule has 2 aromatic rings. The first-order chi connectivity index (χ1) is 8.86. The van der Waals surface area contributed by atoms with Crippen LogP contribution in [0.1, 0.15) is 26.7 Å². The molecule has 2 aromatic heterocycles. The van der Waals surface area contributed by atoms with E-state index in [2.05, 4.69) is 15.1 Å². The van der Waals surface area contributed by atoms with Crippen molar-refractivity contribution in [3.63, 3.8) is 0 Å². The van der Waals surface area contributed by atoms with Gasteiger partial charge in [-0.1, -0.05) is 25.9 Å². The van der Waals surface area contributed by atoms with Gasteiger partial charge in [0.25, 0.3) is 0 Å². The molecule has 0 radical (unpaired) electrons. The largest absolute Gasteiger partial charge is 0.392 e. The molecule has 19 heavy (non-hydrogen) atoms. The number of aromatic nitrogens is 3. The second kappa shape index (κ2) is 5.05. The Labute approximate surface area is 110 Å². The van der Waals surface area contributed by atoms with Crippen LogP contribution in [-0.4, -0.2) is 26.3 Å². The molecular formula is C13H16FN3O2. The van der Waals surface area contributed by atoms with Gasteiger partial charge in [0.05, 0.1) is 18.7 Å². The van der Waals surface area contributed by atoms with Crippen LogP contribution in [0.15, 0.2) is 22.9 Å². The third-order valence-corrected chi connectivity index (χ3v) is 2.79. The van der Waals surface area contributed by atoms with Crippen LogP contribution in [0.25, 0.3) is 11.5 Å². The molecule has 0 aromatic carbocycles. The summed E-state index contributed by atoms with van der Waals surface area (Å²) in [6.07, 6.45) is 0.787. The summed E-state index contributed by atoms with van der Waals surface area (Å²) >= 11 is 0. The van der Waals surface area contributed by atoms with Gasteiger partial charge in [-0.2, -0.15) is 4.98 Å². The Hall–Kier alpha value is -1.82. The zero-order valence-electron chi connectivity index (χ0n) is 11.1. The maximum atomic E-state index is 12.8. The highest BCUT2D eigenvalue weighted by atomic mass is 19.1. The standard InChI is InChI=1S/C13H16FN3O2/c1-13(2,3)10(18)6-11-16-12(17-19-11)9-5-4-8(14)7-15-9/h4-5,7,10,18H,6H2,1-3H3. The molecule has 2 rings (SSSR count). The number of rotatable bonds is 3. The number of hydrogen-bond acceptors (Lipinski definition) is 5. The van der Waals surface area contributed by atoms with E-state index in [0.717, 1.165) is 6.20 Å². The normalized spacial score (nSPS) is 13.5. The maximum Gasteiger partial charge on any atom is 0.229 e. The summed E-state index contributed by atoms with van der Waals surface area (Å²) in [5.41, 5.74) is 0.171. The summed E-state index contributed by atoms with van der Waals surface area (Å²) in [4.78, 5) is 8.01. The molecule has 0 fully saturated rings. The van der Waals surface area contributed by atoms with Crippen molar-refractivity contribution >= 4 is 0 Å². The molecule has 5 nitrogen and oxygen atoms in total. The fourth-order valence-electron chi connectivity index (χ4n) is 1.42. The Morgan fingerprint density at radius 2 is 2.11 bits per heavy atom. The highest BCUT2D eigenvalue weighted by Gasteiger charge is 2.24. The number of aliphatic hydroxyl groups excluding tert-OH is 1. The molecule has 0 aliphatic heterocycles. The Kier molecular flexibility index (Phi) is 3.61. The zero-order chi connectivity index (χ0) is 14.0. The van der Waals surface area contributed by atoms with Gasteiger partial charge in [0, 0.05) is 0 Å². The maximum absolute atomic E-state index is 12.8. The molecule has 0 aliphatic rings. The van der Waals surface area contributed by atoms with Crippen LogP contribution in [-0.2, 0) is 6.42 Å². The second-order valence-electron chi connectivity index (χ2n) is 5.46. The minimum absolute atomic E-state index is 0.261. The SMILES string of the molecule is CC(C)(C)C(O)Cc1nc(-c2ccc(F)cn2)no1. The molecule has 0 saturated carbocycles. The summed E-state index contributed by atoms with van der Waals surface area (Å²) in [6, 6.07) is 2.76. The van der Waals surface area contributed by atoms with E-state index in [-0.39, 0.29) is 17.7 Å². The first kappa shape index (κ1) is 13.6. The van der Waals surface area contributed by atoms with E-state index in [1.807, 2.05) is 20.8 Å². The van der Waals surface area contributed by atoms with E-state index in [4.69, 9.17) is 4.52 Å². The molecule has 102 valence electrons. The Balaban J connectivity index is 2.13. The van der Waals surface area contributed by atoms with Gasteiger partial charge in [-0.3, -0.25) is 0 Å². The Bertz CT molecular complexity index is 546. The van der Waals surface area contributed by atoms with Crippen molar-refractivity contribution in [2.45, 2.75) is 33.3 Å². The minimum atomic E-state index is -0.582. The van der Waals surface area contributed by atoms with E-state index in [0.29, 0.717) is 11.6 Å². The summed E-state index contributed by atoms with van der Waals surface area (Å²) in [7, 11) is 0. The van der Waals surface area contributed by atoms with Crippen LogP contribution < -0.4 is 0 Å². The summed E-state index contributed by atoms with van der Waals surface area (Å²) in [5, 5.41) is 13.7. The lowest BCUT2D eigenvalue weighted by Crippen LogP contribution is -2.28. The van der Waals surface area contributed by atoms with Gasteiger partial charge in [0.1, 0.15) is 11.5 Å². The van der Waals surface area contributed by atoms with Crippen molar-refractivity contribution in [3.05, 3.63) is 30.0 Å². The van der Waals surface area contributed by atoms with Crippen molar-refractivity contribution in [1.29, 1.82) is 0 Å². The van der Waals surface area contributed by atoms with E-state index in [1.54, 1.807) is 0 Å². The molecule has 0 bridgehead atoms. The number of aliphatic hydroxyl groups is 1. The fourth-order valence-corrected chi connectivity index (χ4v) is 1.42. The van der Waals surface area contributed by atoms with Gasteiger partial charge in [0.15, 0.2) is 0 Å². The lowest BCUT2D eigenvalue weighted by Gasteiger charge is -2.24. The molecule has 0 spiro atoms. The quantitative estimate of drug-likeness (QED) is 0.921. The van der Waals surface area contributed by atoms with Crippen LogP contribution in [0.4, 0.5) is 4.39 Å². The smallest absolute Gasteiger partial charge is 0.229 e. The molecule has 6 heteroatoms. The monoisotopic (exact) mass is 265 g/mol. The average molecular weight is 265 g/mol.